The number of ether oxygens (including phenoxy) is 1. The maximum absolute atomic E-state index is 6.04. The molecule has 8 nitrogen and oxygen atoms in total. The molecule has 0 spiro atoms. The average molecular weight is 349 g/mol. The van der Waals surface area contributed by atoms with Gasteiger partial charge in [-0.2, -0.15) is 5.10 Å². The lowest BCUT2D eigenvalue weighted by molar-refractivity contribution is 0.299. The minimum Gasteiger partial charge on any atom is -0.487 e. The van der Waals surface area contributed by atoms with E-state index in [-0.39, 0.29) is 6.61 Å². The van der Waals surface area contributed by atoms with E-state index in [1.165, 1.54) is 6.33 Å². The predicted molar refractivity (Wildman–Crippen MR) is 98.5 cm³/mol. The third-order valence-corrected chi connectivity index (χ3v) is 4.25. The summed E-state index contributed by atoms with van der Waals surface area (Å²) in [6, 6.07) is 6.00. The SMILES string of the molecule is Cc1cnc(-c2ccc(C)c(OCc3nn(C)c4ncnc(N)c34)c2)[nH]1. The number of nitrogens with zero attached hydrogens (tertiary/aromatic N) is 5. The Labute approximate surface area is 150 Å². The van der Waals surface area contributed by atoms with Gasteiger partial charge in [0, 0.05) is 24.5 Å². The molecule has 3 aromatic heterocycles. The van der Waals surface area contributed by atoms with E-state index >= 15 is 0 Å². The molecule has 0 aliphatic rings. The molecule has 26 heavy (non-hydrogen) atoms. The average Bonchev–Trinajstić information content (AvgIpc) is 3.19. The van der Waals surface area contributed by atoms with Crippen molar-refractivity contribution in [1.82, 2.24) is 29.7 Å². The van der Waals surface area contributed by atoms with Crippen LogP contribution in [0.5, 0.6) is 5.75 Å². The van der Waals surface area contributed by atoms with Gasteiger partial charge in [-0.3, -0.25) is 0 Å². The van der Waals surface area contributed by atoms with Crippen LogP contribution in [0, 0.1) is 13.8 Å². The van der Waals surface area contributed by atoms with Crippen LogP contribution in [-0.4, -0.2) is 29.7 Å². The molecule has 8 heteroatoms. The second kappa shape index (κ2) is 6.14. The van der Waals surface area contributed by atoms with Crippen LogP contribution in [0.25, 0.3) is 22.4 Å². The molecular weight excluding hydrogens is 330 g/mol. The smallest absolute Gasteiger partial charge is 0.163 e. The largest absolute Gasteiger partial charge is 0.487 e. The number of nitrogens with two attached hydrogens (primary N) is 1. The van der Waals surface area contributed by atoms with Crippen molar-refractivity contribution in [2.75, 3.05) is 5.73 Å². The van der Waals surface area contributed by atoms with Crippen LogP contribution in [0.15, 0.2) is 30.7 Å². The first kappa shape index (κ1) is 16.1. The quantitative estimate of drug-likeness (QED) is 0.586. The highest BCUT2D eigenvalue weighted by atomic mass is 16.5. The fourth-order valence-electron chi connectivity index (χ4n) is 2.90. The van der Waals surface area contributed by atoms with Crippen molar-refractivity contribution < 1.29 is 4.74 Å². The zero-order chi connectivity index (χ0) is 18.3. The van der Waals surface area contributed by atoms with Crippen molar-refractivity contribution in [3.05, 3.63) is 47.7 Å². The Balaban J connectivity index is 1.64. The van der Waals surface area contributed by atoms with Crippen LogP contribution in [0.3, 0.4) is 0 Å². The van der Waals surface area contributed by atoms with Gasteiger partial charge in [0.1, 0.15) is 36.0 Å². The monoisotopic (exact) mass is 349 g/mol. The number of fused-ring (bicyclic) bond motifs is 1. The molecule has 132 valence electrons. The standard InChI is InChI=1S/C18H19N7O/c1-10-4-5-12(17-20-7-11(2)23-17)6-14(10)26-8-13-15-16(19)21-9-22-18(15)25(3)24-13/h4-7,9H,8H2,1-3H3,(H,20,23)(H2,19,21,22). The number of H-pyrrole nitrogens is 1. The van der Waals surface area contributed by atoms with Crippen LogP contribution in [0.2, 0.25) is 0 Å². The van der Waals surface area contributed by atoms with Gasteiger partial charge in [0.2, 0.25) is 0 Å². The summed E-state index contributed by atoms with van der Waals surface area (Å²) in [4.78, 5) is 15.9. The van der Waals surface area contributed by atoms with Crippen molar-refractivity contribution in [2.24, 2.45) is 7.05 Å². The summed E-state index contributed by atoms with van der Waals surface area (Å²) >= 11 is 0. The molecule has 0 unspecified atom stereocenters. The molecule has 0 aliphatic heterocycles. The molecular formula is C18H19N7O. The van der Waals surface area contributed by atoms with Gasteiger partial charge in [-0.15, -0.1) is 0 Å². The van der Waals surface area contributed by atoms with Gasteiger partial charge in [-0.25, -0.2) is 19.6 Å². The number of nitrogen functional groups attached to an aromatic ring is 1. The highest BCUT2D eigenvalue weighted by molar-refractivity contribution is 5.87. The van der Waals surface area contributed by atoms with Gasteiger partial charge >= 0.3 is 0 Å². The number of imidazole rings is 1. The van der Waals surface area contributed by atoms with Crippen LogP contribution in [-0.2, 0) is 13.7 Å². The number of nitrogens with one attached hydrogen (secondary N) is 1. The normalized spacial score (nSPS) is 11.2. The Kier molecular flexibility index (Phi) is 3.80. The van der Waals surface area contributed by atoms with Gasteiger partial charge in [0.15, 0.2) is 5.65 Å². The first-order valence-electron chi connectivity index (χ1n) is 8.20. The molecule has 3 N–H and O–H groups in total. The first-order valence-corrected chi connectivity index (χ1v) is 8.20. The number of benzene rings is 1. The molecule has 0 radical (unpaired) electrons. The molecule has 0 amide bonds. The van der Waals surface area contributed by atoms with Crippen LogP contribution < -0.4 is 10.5 Å². The number of aryl methyl sites for hydroxylation is 3. The highest BCUT2D eigenvalue weighted by Crippen LogP contribution is 2.27. The van der Waals surface area contributed by atoms with E-state index in [2.05, 4.69) is 25.0 Å². The Morgan fingerprint density at radius 1 is 1.19 bits per heavy atom. The molecule has 0 fully saturated rings. The highest BCUT2D eigenvalue weighted by Gasteiger charge is 2.15. The summed E-state index contributed by atoms with van der Waals surface area (Å²) in [5.41, 5.74) is 10.4. The Morgan fingerprint density at radius 2 is 2.04 bits per heavy atom. The van der Waals surface area contributed by atoms with E-state index in [0.29, 0.717) is 17.2 Å². The number of aromatic amines is 1. The first-order chi connectivity index (χ1) is 12.5. The molecule has 4 rings (SSSR count). The van der Waals surface area contributed by atoms with E-state index in [1.807, 2.05) is 39.1 Å². The lowest BCUT2D eigenvalue weighted by Gasteiger charge is -2.10. The number of hydrogen-bond donors (Lipinski definition) is 2. The number of aromatic nitrogens is 6. The van der Waals surface area contributed by atoms with E-state index in [4.69, 9.17) is 10.5 Å². The molecule has 4 aromatic rings. The number of hydrogen-bond acceptors (Lipinski definition) is 6. The molecule has 0 bridgehead atoms. The van der Waals surface area contributed by atoms with E-state index in [1.54, 1.807) is 10.9 Å². The fraction of sp³-hybridized carbons (Fsp3) is 0.222. The summed E-state index contributed by atoms with van der Waals surface area (Å²) in [6.07, 6.45) is 3.24. The maximum Gasteiger partial charge on any atom is 0.163 e. The minimum absolute atomic E-state index is 0.274. The molecule has 1 aromatic carbocycles. The summed E-state index contributed by atoms with van der Waals surface area (Å²) in [5, 5.41) is 5.20. The Morgan fingerprint density at radius 3 is 2.81 bits per heavy atom. The van der Waals surface area contributed by atoms with Gasteiger partial charge in [0.05, 0.1) is 5.39 Å². The van der Waals surface area contributed by atoms with Gasteiger partial charge in [-0.05, 0) is 25.5 Å². The molecule has 0 atom stereocenters. The van der Waals surface area contributed by atoms with Crippen molar-refractivity contribution in [1.29, 1.82) is 0 Å². The Hall–Kier alpha value is -3.42. The third-order valence-electron chi connectivity index (χ3n) is 4.25. The van der Waals surface area contributed by atoms with Gasteiger partial charge < -0.3 is 15.5 Å². The third kappa shape index (κ3) is 2.75. The van der Waals surface area contributed by atoms with Crippen LogP contribution in [0.4, 0.5) is 5.82 Å². The topological polar surface area (TPSA) is 108 Å². The zero-order valence-corrected chi connectivity index (χ0v) is 14.8. The zero-order valence-electron chi connectivity index (χ0n) is 14.8. The molecule has 0 saturated carbocycles. The van der Waals surface area contributed by atoms with Crippen molar-refractivity contribution >= 4 is 16.9 Å². The lowest BCUT2D eigenvalue weighted by atomic mass is 10.1. The minimum atomic E-state index is 0.274. The second-order valence-electron chi connectivity index (χ2n) is 6.21. The Bertz CT molecular complexity index is 1100. The van der Waals surface area contributed by atoms with E-state index < -0.39 is 0 Å². The predicted octanol–water partition coefficient (Wildman–Crippen LogP) is 2.53. The summed E-state index contributed by atoms with van der Waals surface area (Å²) in [6.45, 7) is 4.25. The van der Waals surface area contributed by atoms with Crippen molar-refractivity contribution in [3.8, 4) is 17.1 Å². The van der Waals surface area contributed by atoms with E-state index in [0.717, 1.165) is 33.8 Å². The lowest BCUT2D eigenvalue weighted by Crippen LogP contribution is -2.01. The summed E-state index contributed by atoms with van der Waals surface area (Å²) in [5.74, 6) is 1.98. The van der Waals surface area contributed by atoms with Crippen molar-refractivity contribution in [3.63, 3.8) is 0 Å². The summed E-state index contributed by atoms with van der Waals surface area (Å²) in [7, 11) is 1.82. The van der Waals surface area contributed by atoms with Crippen molar-refractivity contribution in [2.45, 2.75) is 20.5 Å². The number of rotatable bonds is 4. The second-order valence-corrected chi connectivity index (χ2v) is 6.21. The molecule has 0 saturated heterocycles. The van der Waals surface area contributed by atoms with E-state index in [9.17, 15) is 0 Å². The number of anilines is 1. The van der Waals surface area contributed by atoms with Crippen LogP contribution >= 0.6 is 0 Å². The maximum atomic E-state index is 6.04. The van der Waals surface area contributed by atoms with Gasteiger partial charge in [0.25, 0.3) is 0 Å². The molecule has 3 heterocycles. The molecule has 0 aliphatic carbocycles. The fourth-order valence-corrected chi connectivity index (χ4v) is 2.90. The van der Waals surface area contributed by atoms with Crippen LogP contribution in [0.1, 0.15) is 17.0 Å². The van der Waals surface area contributed by atoms with Gasteiger partial charge in [-0.1, -0.05) is 12.1 Å². The summed E-state index contributed by atoms with van der Waals surface area (Å²) < 4.78 is 7.72.